The number of aromatic carboxylic acids is 1. The number of methoxy groups -OCH3 is 1. The molecule has 2 aromatic rings. The summed E-state index contributed by atoms with van der Waals surface area (Å²) in [4.78, 5) is 27.9. The normalized spacial score (nSPS) is 11.1. The van der Waals surface area contributed by atoms with Crippen LogP contribution in [0.25, 0.3) is 10.9 Å². The fraction of sp³-hybridized carbons (Fsp3) is 0.471. The fourth-order valence-corrected chi connectivity index (χ4v) is 2.32. The molecule has 0 saturated heterocycles. The molecule has 0 unspecified atom stereocenters. The molecule has 0 bridgehead atoms. The van der Waals surface area contributed by atoms with E-state index in [2.05, 4.69) is 4.98 Å². The average Bonchev–Trinajstić information content (AvgIpc) is 2.58. The third kappa shape index (κ3) is 5.09. The second kappa shape index (κ2) is 9.26. The van der Waals surface area contributed by atoms with Gasteiger partial charge in [-0.1, -0.05) is 0 Å². The number of hydrogen-bond donors (Lipinski definition) is 1. The van der Waals surface area contributed by atoms with Gasteiger partial charge in [-0.05, 0) is 19.1 Å². The van der Waals surface area contributed by atoms with Crippen LogP contribution in [0.5, 0.6) is 0 Å². The first-order valence-corrected chi connectivity index (χ1v) is 7.93. The zero-order valence-corrected chi connectivity index (χ0v) is 14.4. The lowest BCUT2D eigenvalue weighted by Gasteiger charge is -2.09. The van der Waals surface area contributed by atoms with Crippen molar-refractivity contribution in [2.45, 2.75) is 13.5 Å². The Balaban J connectivity index is 1.98. The van der Waals surface area contributed by atoms with E-state index in [1.165, 1.54) is 10.6 Å². The minimum atomic E-state index is -1.10. The molecule has 0 aliphatic heterocycles. The molecular weight excluding hydrogens is 328 g/mol. The number of ether oxygens (including phenoxy) is 3. The summed E-state index contributed by atoms with van der Waals surface area (Å²) in [6.45, 7) is 4.27. The van der Waals surface area contributed by atoms with Crippen molar-refractivity contribution < 1.29 is 24.1 Å². The largest absolute Gasteiger partial charge is 0.478 e. The van der Waals surface area contributed by atoms with Crippen molar-refractivity contribution in [1.29, 1.82) is 0 Å². The number of aromatic nitrogens is 2. The van der Waals surface area contributed by atoms with Crippen LogP contribution in [0.3, 0.4) is 0 Å². The fourth-order valence-electron chi connectivity index (χ4n) is 2.32. The van der Waals surface area contributed by atoms with Crippen molar-refractivity contribution in [3.05, 3.63) is 39.9 Å². The van der Waals surface area contributed by atoms with Crippen molar-refractivity contribution in [3.8, 4) is 0 Å². The minimum absolute atomic E-state index is 0.0341. The first-order chi connectivity index (χ1) is 12.0. The molecule has 0 aliphatic carbocycles. The van der Waals surface area contributed by atoms with Crippen LogP contribution in [0.15, 0.2) is 23.1 Å². The Labute approximate surface area is 145 Å². The second-order valence-corrected chi connectivity index (χ2v) is 5.39. The number of carboxylic acids is 1. The van der Waals surface area contributed by atoms with E-state index in [1.54, 1.807) is 26.3 Å². The Kier molecular flexibility index (Phi) is 7.05. The highest BCUT2D eigenvalue weighted by Crippen LogP contribution is 2.13. The molecule has 0 aromatic carbocycles. The SMILES string of the molecule is COCCOCCOCCn1ccc2nc(C)c(C(=O)O)cc2c1=O. The van der Waals surface area contributed by atoms with Crippen LogP contribution in [-0.4, -0.2) is 60.8 Å². The Hall–Kier alpha value is -2.29. The van der Waals surface area contributed by atoms with Gasteiger partial charge < -0.3 is 23.9 Å². The summed E-state index contributed by atoms with van der Waals surface area (Å²) in [7, 11) is 1.61. The number of aryl methyl sites for hydroxylation is 1. The Morgan fingerprint density at radius 2 is 1.88 bits per heavy atom. The van der Waals surface area contributed by atoms with Gasteiger partial charge in [0, 0.05) is 19.9 Å². The van der Waals surface area contributed by atoms with E-state index >= 15 is 0 Å². The highest BCUT2D eigenvalue weighted by molar-refractivity contribution is 5.93. The summed E-state index contributed by atoms with van der Waals surface area (Å²) in [5.41, 5.74) is 0.615. The molecule has 136 valence electrons. The Morgan fingerprint density at radius 3 is 2.56 bits per heavy atom. The number of hydrogen-bond acceptors (Lipinski definition) is 6. The monoisotopic (exact) mass is 350 g/mol. The molecule has 25 heavy (non-hydrogen) atoms. The smallest absolute Gasteiger partial charge is 0.337 e. The van der Waals surface area contributed by atoms with Gasteiger partial charge >= 0.3 is 5.97 Å². The maximum Gasteiger partial charge on any atom is 0.337 e. The Bertz CT molecular complexity index is 787. The van der Waals surface area contributed by atoms with Crippen molar-refractivity contribution >= 4 is 16.9 Å². The van der Waals surface area contributed by atoms with Crippen molar-refractivity contribution in [3.63, 3.8) is 0 Å². The predicted octanol–water partition coefficient (Wildman–Crippen LogP) is 1.08. The van der Waals surface area contributed by atoms with E-state index in [9.17, 15) is 14.7 Å². The number of carboxylic acid groups (broad SMARTS) is 1. The van der Waals surface area contributed by atoms with Gasteiger partial charge in [-0.3, -0.25) is 9.78 Å². The third-order valence-electron chi connectivity index (χ3n) is 3.66. The molecule has 0 aliphatic rings. The lowest BCUT2D eigenvalue weighted by atomic mass is 10.1. The number of carbonyl (C=O) groups is 1. The lowest BCUT2D eigenvalue weighted by Crippen LogP contribution is -2.23. The summed E-state index contributed by atoms with van der Waals surface area (Å²) in [6, 6.07) is 3.08. The summed E-state index contributed by atoms with van der Waals surface area (Å²) in [5.74, 6) is -1.10. The van der Waals surface area contributed by atoms with Crippen LogP contribution < -0.4 is 5.56 Å². The first-order valence-electron chi connectivity index (χ1n) is 7.93. The van der Waals surface area contributed by atoms with Crippen LogP contribution in [0.1, 0.15) is 16.1 Å². The van der Waals surface area contributed by atoms with Gasteiger partial charge in [-0.25, -0.2) is 4.79 Å². The minimum Gasteiger partial charge on any atom is -0.478 e. The van der Waals surface area contributed by atoms with Crippen molar-refractivity contribution in [1.82, 2.24) is 9.55 Å². The molecule has 0 saturated carbocycles. The third-order valence-corrected chi connectivity index (χ3v) is 3.66. The summed E-state index contributed by atoms with van der Waals surface area (Å²) in [6.07, 6.45) is 1.63. The number of rotatable bonds is 10. The highest BCUT2D eigenvalue weighted by atomic mass is 16.5. The first kappa shape index (κ1) is 19.0. The second-order valence-electron chi connectivity index (χ2n) is 5.39. The molecule has 1 N–H and O–H groups in total. The van der Waals surface area contributed by atoms with Crippen LogP contribution in [0.4, 0.5) is 0 Å². The van der Waals surface area contributed by atoms with Gasteiger partial charge in [-0.15, -0.1) is 0 Å². The maximum absolute atomic E-state index is 12.5. The van der Waals surface area contributed by atoms with Crippen LogP contribution in [0.2, 0.25) is 0 Å². The van der Waals surface area contributed by atoms with E-state index in [0.29, 0.717) is 50.8 Å². The number of nitrogens with zero attached hydrogens (tertiary/aromatic N) is 2. The Morgan fingerprint density at radius 1 is 1.20 bits per heavy atom. The van der Waals surface area contributed by atoms with Crippen LogP contribution in [-0.2, 0) is 20.8 Å². The molecule has 0 fully saturated rings. The molecule has 0 radical (unpaired) electrons. The molecule has 0 spiro atoms. The van der Waals surface area contributed by atoms with Crippen LogP contribution >= 0.6 is 0 Å². The zero-order chi connectivity index (χ0) is 18.2. The maximum atomic E-state index is 12.5. The lowest BCUT2D eigenvalue weighted by molar-refractivity contribution is 0.0229. The molecular formula is C17H22N2O6. The van der Waals surface area contributed by atoms with Gasteiger partial charge in [0.1, 0.15) is 0 Å². The van der Waals surface area contributed by atoms with Gasteiger partial charge in [-0.2, -0.15) is 0 Å². The molecule has 0 atom stereocenters. The van der Waals surface area contributed by atoms with Gasteiger partial charge in [0.2, 0.25) is 0 Å². The number of fused-ring (bicyclic) bond motifs is 1. The molecule has 2 rings (SSSR count). The quantitative estimate of drug-likeness (QED) is 0.640. The summed E-state index contributed by atoms with van der Waals surface area (Å²) in [5, 5.41) is 9.46. The summed E-state index contributed by atoms with van der Waals surface area (Å²) >= 11 is 0. The topological polar surface area (TPSA) is 99.9 Å². The van der Waals surface area contributed by atoms with E-state index in [4.69, 9.17) is 14.2 Å². The molecule has 8 nitrogen and oxygen atoms in total. The summed E-state index contributed by atoms with van der Waals surface area (Å²) < 4.78 is 17.0. The highest BCUT2D eigenvalue weighted by Gasteiger charge is 2.12. The van der Waals surface area contributed by atoms with Gasteiger partial charge in [0.25, 0.3) is 5.56 Å². The number of pyridine rings is 2. The standard InChI is InChI=1S/C17H22N2O6/c1-12-13(17(21)22)11-14-15(18-12)3-4-19(16(14)20)5-6-24-9-10-25-8-7-23-2/h3-4,11H,5-10H2,1-2H3,(H,21,22). The van der Waals surface area contributed by atoms with Crippen LogP contribution in [0, 0.1) is 6.92 Å². The van der Waals surface area contributed by atoms with Gasteiger partial charge in [0.05, 0.1) is 55.2 Å². The van der Waals surface area contributed by atoms with E-state index in [-0.39, 0.29) is 16.5 Å². The average molecular weight is 350 g/mol. The predicted molar refractivity (Wildman–Crippen MR) is 91.2 cm³/mol. The van der Waals surface area contributed by atoms with Crippen molar-refractivity contribution in [2.75, 3.05) is 40.1 Å². The van der Waals surface area contributed by atoms with E-state index < -0.39 is 5.97 Å². The molecule has 0 amide bonds. The molecule has 2 heterocycles. The van der Waals surface area contributed by atoms with E-state index in [0.717, 1.165) is 0 Å². The van der Waals surface area contributed by atoms with Gasteiger partial charge in [0.15, 0.2) is 0 Å². The van der Waals surface area contributed by atoms with Crippen molar-refractivity contribution in [2.24, 2.45) is 0 Å². The zero-order valence-electron chi connectivity index (χ0n) is 14.4. The molecule has 8 heteroatoms. The van der Waals surface area contributed by atoms with E-state index in [1.807, 2.05) is 0 Å². The molecule has 2 aromatic heterocycles.